The number of benzene rings is 1. The van der Waals surface area contributed by atoms with E-state index in [1.54, 1.807) is 0 Å². The van der Waals surface area contributed by atoms with Gasteiger partial charge in [-0.05, 0) is 31.0 Å². The lowest BCUT2D eigenvalue weighted by Crippen LogP contribution is -2.40. The molecule has 2 heterocycles. The van der Waals surface area contributed by atoms with Crippen LogP contribution in [0.3, 0.4) is 0 Å². The van der Waals surface area contributed by atoms with Gasteiger partial charge in [-0.15, -0.1) is 0 Å². The van der Waals surface area contributed by atoms with Crippen LogP contribution in [-0.2, 0) is 0 Å². The molecule has 8 heteroatoms. The number of hydrogen-bond donors (Lipinski definition) is 2. The summed E-state index contributed by atoms with van der Waals surface area (Å²) in [6.07, 6.45) is 0. The number of carbonyl (C=O) groups is 1. The van der Waals surface area contributed by atoms with Crippen molar-refractivity contribution in [3.8, 4) is 0 Å². The lowest BCUT2D eigenvalue weighted by Gasteiger charge is -2.22. The van der Waals surface area contributed by atoms with Gasteiger partial charge in [-0.2, -0.15) is 0 Å². The van der Waals surface area contributed by atoms with Crippen molar-refractivity contribution in [3.63, 3.8) is 0 Å². The van der Waals surface area contributed by atoms with E-state index in [4.69, 9.17) is 28.9 Å². The summed E-state index contributed by atoms with van der Waals surface area (Å²) in [5.74, 6) is 0.474. The summed E-state index contributed by atoms with van der Waals surface area (Å²) >= 11 is 11.8. The van der Waals surface area contributed by atoms with Gasteiger partial charge in [-0.3, -0.25) is 5.43 Å². The molecule has 1 aromatic carbocycles. The zero-order chi connectivity index (χ0) is 18.1. The number of rotatable bonds is 3. The number of anilines is 2. The first kappa shape index (κ1) is 17.3. The minimum atomic E-state index is -0.734. The van der Waals surface area contributed by atoms with E-state index in [0.717, 1.165) is 27.0 Å². The third-order valence-electron chi connectivity index (χ3n) is 3.70. The second-order valence-corrected chi connectivity index (χ2v) is 6.33. The predicted octanol–water partition coefficient (Wildman–Crippen LogP) is 4.47. The Kier molecular flexibility index (Phi) is 4.65. The Morgan fingerprint density at radius 3 is 2.40 bits per heavy atom. The van der Waals surface area contributed by atoms with E-state index >= 15 is 0 Å². The van der Waals surface area contributed by atoms with Gasteiger partial charge in [0.05, 0.1) is 11.2 Å². The van der Waals surface area contributed by atoms with E-state index in [9.17, 15) is 4.79 Å². The fourth-order valence-electron chi connectivity index (χ4n) is 2.56. The van der Waals surface area contributed by atoms with Crippen LogP contribution in [0, 0.1) is 13.8 Å². The molecule has 3 aromatic rings. The molecule has 0 fully saturated rings. The zero-order valence-corrected chi connectivity index (χ0v) is 15.1. The topological polar surface area (TPSA) is 84.1 Å². The Labute approximate surface area is 154 Å². The minimum absolute atomic E-state index is 0.147. The van der Waals surface area contributed by atoms with Crippen molar-refractivity contribution >= 4 is 51.6 Å². The van der Waals surface area contributed by atoms with Gasteiger partial charge >= 0.3 is 6.03 Å². The molecular weight excluding hydrogens is 361 g/mol. The molecule has 2 aromatic heterocycles. The van der Waals surface area contributed by atoms with E-state index in [0.29, 0.717) is 11.5 Å². The molecular formula is C17H15Cl2N5O. The van der Waals surface area contributed by atoms with E-state index in [1.165, 1.54) is 12.1 Å². The molecule has 0 aliphatic carbocycles. The molecule has 3 rings (SSSR count). The predicted molar refractivity (Wildman–Crippen MR) is 101 cm³/mol. The number of aryl methyl sites for hydroxylation is 2. The van der Waals surface area contributed by atoms with Gasteiger partial charge in [0.2, 0.25) is 0 Å². The molecule has 0 radical (unpaired) electrons. The summed E-state index contributed by atoms with van der Waals surface area (Å²) in [4.78, 5) is 20.3. The van der Waals surface area contributed by atoms with Gasteiger partial charge in [0, 0.05) is 17.5 Å². The maximum absolute atomic E-state index is 11.9. The number of amides is 2. The highest BCUT2D eigenvalue weighted by atomic mass is 35.5. The Bertz CT molecular complexity index is 956. The molecule has 0 spiro atoms. The van der Waals surface area contributed by atoms with Gasteiger partial charge in [0.25, 0.3) is 0 Å². The maximum atomic E-state index is 11.9. The number of hydrazine groups is 1. The number of hydrogen-bond acceptors (Lipinski definition) is 4. The van der Waals surface area contributed by atoms with Crippen LogP contribution >= 0.6 is 23.2 Å². The van der Waals surface area contributed by atoms with Crippen molar-refractivity contribution in [2.45, 2.75) is 13.8 Å². The average Bonchev–Trinajstić information content (AvgIpc) is 2.52. The standard InChI is InChI=1S/C17H15Cl2N5O/c1-9-4-3-5-12-10(2)6-15(22-16(9)12)23-24(17(20)25)11-7-13(18)21-14(19)8-11/h3-8H,1-2H3,(H2,20,25)(H,22,23). The first-order valence-electron chi connectivity index (χ1n) is 7.41. The third-order valence-corrected chi connectivity index (χ3v) is 4.09. The normalized spacial score (nSPS) is 10.7. The molecule has 6 nitrogen and oxygen atoms in total. The largest absolute Gasteiger partial charge is 0.350 e. The smallest absolute Gasteiger partial charge is 0.338 e. The lowest BCUT2D eigenvalue weighted by molar-refractivity contribution is 0.255. The maximum Gasteiger partial charge on any atom is 0.338 e. The van der Waals surface area contributed by atoms with Crippen molar-refractivity contribution < 1.29 is 4.79 Å². The molecule has 0 atom stereocenters. The van der Waals surface area contributed by atoms with Crippen LogP contribution in [0.25, 0.3) is 10.9 Å². The molecule has 0 bridgehead atoms. The second kappa shape index (κ2) is 6.74. The molecule has 0 aliphatic rings. The SMILES string of the molecule is Cc1cc(NN(C(N)=O)c2cc(Cl)nc(Cl)c2)nc2c(C)cccc12. The minimum Gasteiger partial charge on any atom is -0.350 e. The van der Waals surface area contributed by atoms with Crippen molar-refractivity contribution in [3.05, 3.63) is 57.8 Å². The number of primary amides is 1. The molecule has 3 N–H and O–H groups in total. The van der Waals surface area contributed by atoms with Gasteiger partial charge < -0.3 is 5.73 Å². The van der Waals surface area contributed by atoms with Crippen molar-refractivity contribution in [1.82, 2.24) is 9.97 Å². The van der Waals surface area contributed by atoms with Crippen molar-refractivity contribution in [2.24, 2.45) is 5.73 Å². The van der Waals surface area contributed by atoms with Crippen LogP contribution in [0.5, 0.6) is 0 Å². The van der Waals surface area contributed by atoms with Crippen LogP contribution in [0.1, 0.15) is 11.1 Å². The van der Waals surface area contributed by atoms with Gasteiger partial charge in [0.15, 0.2) is 0 Å². The number of pyridine rings is 2. The highest BCUT2D eigenvalue weighted by molar-refractivity contribution is 6.33. The Hall–Kier alpha value is -2.57. The zero-order valence-electron chi connectivity index (χ0n) is 13.5. The quantitative estimate of drug-likeness (QED) is 0.522. The summed E-state index contributed by atoms with van der Waals surface area (Å²) in [5, 5.41) is 2.46. The monoisotopic (exact) mass is 375 g/mol. The van der Waals surface area contributed by atoms with Gasteiger partial charge in [-0.25, -0.2) is 19.8 Å². The second-order valence-electron chi connectivity index (χ2n) is 5.55. The lowest BCUT2D eigenvalue weighted by atomic mass is 10.1. The van der Waals surface area contributed by atoms with Gasteiger partial charge in [-0.1, -0.05) is 41.4 Å². The van der Waals surface area contributed by atoms with E-state index in [1.807, 2.05) is 38.1 Å². The molecule has 128 valence electrons. The first-order chi connectivity index (χ1) is 11.8. The Balaban J connectivity index is 2.05. The Morgan fingerprint density at radius 1 is 1.08 bits per heavy atom. The number of nitrogens with two attached hydrogens (primary N) is 1. The van der Waals surface area contributed by atoms with E-state index < -0.39 is 6.03 Å². The number of urea groups is 1. The molecule has 2 amide bonds. The average molecular weight is 376 g/mol. The molecule has 0 saturated carbocycles. The van der Waals surface area contributed by atoms with Crippen LogP contribution < -0.4 is 16.2 Å². The Morgan fingerprint density at radius 2 is 1.76 bits per heavy atom. The number of carbonyl (C=O) groups excluding carboxylic acids is 1. The fourth-order valence-corrected chi connectivity index (χ4v) is 3.01. The highest BCUT2D eigenvalue weighted by Crippen LogP contribution is 2.26. The van der Waals surface area contributed by atoms with Crippen LogP contribution in [-0.4, -0.2) is 16.0 Å². The number of nitrogens with zero attached hydrogens (tertiary/aromatic N) is 3. The van der Waals surface area contributed by atoms with Gasteiger partial charge in [0.1, 0.15) is 16.1 Å². The molecule has 0 aliphatic heterocycles. The van der Waals surface area contributed by atoms with Crippen LogP contribution in [0.2, 0.25) is 10.3 Å². The molecule has 0 unspecified atom stereocenters. The van der Waals surface area contributed by atoms with Crippen LogP contribution in [0.15, 0.2) is 36.4 Å². The van der Waals surface area contributed by atoms with Crippen LogP contribution in [0.4, 0.5) is 16.3 Å². The number of aromatic nitrogens is 2. The van der Waals surface area contributed by atoms with Crippen molar-refractivity contribution in [2.75, 3.05) is 10.4 Å². The summed E-state index contributed by atoms with van der Waals surface area (Å²) in [6, 6.07) is 10.0. The van der Waals surface area contributed by atoms with E-state index in [2.05, 4.69) is 15.4 Å². The van der Waals surface area contributed by atoms with Crippen molar-refractivity contribution in [1.29, 1.82) is 0 Å². The summed E-state index contributed by atoms with van der Waals surface area (Å²) < 4.78 is 0. The number of fused-ring (bicyclic) bond motifs is 1. The summed E-state index contributed by atoms with van der Waals surface area (Å²) in [6.45, 7) is 3.95. The summed E-state index contributed by atoms with van der Waals surface area (Å²) in [5.41, 5.74) is 11.7. The highest BCUT2D eigenvalue weighted by Gasteiger charge is 2.16. The molecule has 25 heavy (non-hydrogen) atoms. The molecule has 0 saturated heterocycles. The first-order valence-corrected chi connectivity index (χ1v) is 8.17. The summed E-state index contributed by atoms with van der Waals surface area (Å²) in [7, 11) is 0. The number of para-hydroxylation sites is 1. The van der Waals surface area contributed by atoms with E-state index in [-0.39, 0.29) is 10.3 Å². The fraction of sp³-hybridized carbons (Fsp3) is 0.118. The third kappa shape index (κ3) is 3.60. The number of halogens is 2. The number of nitrogens with one attached hydrogen (secondary N) is 1.